The van der Waals surface area contributed by atoms with Gasteiger partial charge in [0.2, 0.25) is 5.91 Å². The van der Waals surface area contributed by atoms with Crippen LogP contribution in [0.3, 0.4) is 0 Å². The summed E-state index contributed by atoms with van der Waals surface area (Å²) in [5.41, 5.74) is 0. The van der Waals surface area contributed by atoms with E-state index in [1.807, 2.05) is 11.9 Å². The number of nitrogens with zero attached hydrogens (tertiary/aromatic N) is 2. The van der Waals surface area contributed by atoms with E-state index in [-0.39, 0.29) is 6.04 Å². The van der Waals surface area contributed by atoms with Crippen LogP contribution >= 0.6 is 0 Å². The van der Waals surface area contributed by atoms with E-state index in [4.69, 9.17) is 0 Å². The molecular weight excluding hydrogens is 250 g/mol. The molecule has 1 amide bonds. The van der Waals surface area contributed by atoms with E-state index in [9.17, 15) is 4.79 Å². The van der Waals surface area contributed by atoms with E-state index in [1.54, 1.807) is 0 Å². The third-order valence-corrected chi connectivity index (χ3v) is 5.02. The zero-order valence-electron chi connectivity index (χ0n) is 13.4. The van der Waals surface area contributed by atoms with Crippen LogP contribution in [-0.4, -0.2) is 61.0 Å². The minimum Gasteiger partial charge on any atom is -0.344 e. The van der Waals surface area contributed by atoms with Gasteiger partial charge in [-0.1, -0.05) is 20.3 Å². The number of piperidine rings is 1. The summed E-state index contributed by atoms with van der Waals surface area (Å²) in [6.45, 7) is 8.63. The van der Waals surface area contributed by atoms with Gasteiger partial charge in [-0.3, -0.25) is 9.69 Å². The highest BCUT2D eigenvalue weighted by atomic mass is 16.2. The molecule has 116 valence electrons. The van der Waals surface area contributed by atoms with Crippen molar-refractivity contribution in [2.75, 3.05) is 33.2 Å². The maximum atomic E-state index is 12.7. The highest BCUT2D eigenvalue weighted by molar-refractivity contribution is 5.82. The minimum absolute atomic E-state index is 0.146. The summed E-state index contributed by atoms with van der Waals surface area (Å²) in [6.07, 6.45) is 5.75. The van der Waals surface area contributed by atoms with E-state index < -0.39 is 0 Å². The van der Waals surface area contributed by atoms with Crippen LogP contribution in [-0.2, 0) is 4.79 Å². The number of carbonyl (C=O) groups excluding carboxylic acids is 1. The summed E-state index contributed by atoms with van der Waals surface area (Å²) >= 11 is 0. The summed E-state index contributed by atoms with van der Waals surface area (Å²) < 4.78 is 0. The summed E-state index contributed by atoms with van der Waals surface area (Å²) in [5.74, 6) is 0.944. The number of hydrogen-bond acceptors (Lipinski definition) is 3. The number of rotatable bonds is 5. The van der Waals surface area contributed by atoms with E-state index in [1.165, 1.54) is 19.3 Å². The van der Waals surface area contributed by atoms with Crippen molar-refractivity contribution < 1.29 is 4.79 Å². The van der Waals surface area contributed by atoms with Crippen LogP contribution in [0, 0.1) is 5.92 Å². The molecule has 2 fully saturated rings. The average Bonchev–Trinajstić information content (AvgIpc) is 2.96. The molecule has 0 spiro atoms. The lowest BCUT2D eigenvalue weighted by molar-refractivity contribution is -0.136. The summed E-state index contributed by atoms with van der Waals surface area (Å²) in [4.78, 5) is 17.2. The molecule has 20 heavy (non-hydrogen) atoms. The Morgan fingerprint density at radius 2 is 2.05 bits per heavy atom. The van der Waals surface area contributed by atoms with Gasteiger partial charge in [0.05, 0.1) is 6.04 Å². The van der Waals surface area contributed by atoms with E-state index in [2.05, 4.69) is 24.1 Å². The summed E-state index contributed by atoms with van der Waals surface area (Å²) in [6, 6.07) is 0.761. The first-order valence-corrected chi connectivity index (χ1v) is 8.35. The SMILES string of the molecule is CCC(C)CN(C)C(=O)C1CCCN1C1CCNCC1. The minimum atomic E-state index is 0.146. The van der Waals surface area contributed by atoms with Crippen LogP contribution < -0.4 is 5.32 Å². The second-order valence-corrected chi connectivity index (χ2v) is 6.61. The third-order valence-electron chi connectivity index (χ3n) is 5.02. The quantitative estimate of drug-likeness (QED) is 0.833. The highest BCUT2D eigenvalue weighted by Crippen LogP contribution is 2.25. The Labute approximate surface area is 123 Å². The van der Waals surface area contributed by atoms with Crippen LogP contribution in [0.2, 0.25) is 0 Å². The monoisotopic (exact) mass is 281 g/mol. The molecule has 1 N–H and O–H groups in total. The van der Waals surface area contributed by atoms with Gasteiger partial charge in [0.1, 0.15) is 0 Å². The van der Waals surface area contributed by atoms with Crippen LogP contribution in [0.1, 0.15) is 46.0 Å². The molecule has 2 atom stereocenters. The normalized spacial score (nSPS) is 26.6. The predicted molar refractivity (Wildman–Crippen MR) is 82.7 cm³/mol. The number of hydrogen-bond donors (Lipinski definition) is 1. The van der Waals surface area contributed by atoms with Crippen molar-refractivity contribution in [1.29, 1.82) is 0 Å². The van der Waals surface area contributed by atoms with Crippen molar-refractivity contribution in [1.82, 2.24) is 15.1 Å². The highest BCUT2D eigenvalue weighted by Gasteiger charge is 2.37. The third kappa shape index (κ3) is 3.73. The van der Waals surface area contributed by atoms with Gasteiger partial charge < -0.3 is 10.2 Å². The van der Waals surface area contributed by atoms with Crippen LogP contribution in [0.25, 0.3) is 0 Å². The molecule has 0 aromatic heterocycles. The zero-order chi connectivity index (χ0) is 14.5. The molecule has 0 aromatic rings. The molecule has 2 heterocycles. The molecule has 0 bridgehead atoms. The lowest BCUT2D eigenvalue weighted by Crippen LogP contribution is -2.51. The molecular formula is C16H31N3O. The molecule has 4 heteroatoms. The Bertz CT molecular complexity index is 315. The van der Waals surface area contributed by atoms with E-state index in [0.29, 0.717) is 17.9 Å². The standard InChI is InChI=1S/C16H31N3O/c1-4-13(2)12-18(3)16(20)15-6-5-11-19(15)14-7-9-17-10-8-14/h13-15,17H,4-12H2,1-3H3. The Morgan fingerprint density at radius 1 is 1.35 bits per heavy atom. The average molecular weight is 281 g/mol. The van der Waals surface area contributed by atoms with Gasteiger partial charge in [-0.05, 0) is 51.2 Å². The second kappa shape index (κ2) is 7.41. The fraction of sp³-hybridized carbons (Fsp3) is 0.938. The smallest absolute Gasteiger partial charge is 0.239 e. The second-order valence-electron chi connectivity index (χ2n) is 6.61. The van der Waals surface area contributed by atoms with Crippen molar-refractivity contribution in [3.63, 3.8) is 0 Å². The first-order chi connectivity index (χ1) is 9.63. The topological polar surface area (TPSA) is 35.6 Å². The Balaban J connectivity index is 1.93. The molecule has 2 saturated heterocycles. The van der Waals surface area contributed by atoms with Gasteiger partial charge >= 0.3 is 0 Å². The van der Waals surface area contributed by atoms with Gasteiger partial charge in [-0.15, -0.1) is 0 Å². The molecule has 0 aliphatic carbocycles. The van der Waals surface area contributed by atoms with Gasteiger partial charge in [-0.2, -0.15) is 0 Å². The molecule has 2 unspecified atom stereocenters. The number of amides is 1. The number of likely N-dealkylation sites (tertiary alicyclic amines) is 1. The van der Waals surface area contributed by atoms with Crippen molar-refractivity contribution in [2.24, 2.45) is 5.92 Å². The lowest BCUT2D eigenvalue weighted by atomic mass is 10.0. The van der Waals surface area contributed by atoms with Gasteiger partial charge in [0.25, 0.3) is 0 Å². The number of likely N-dealkylation sites (N-methyl/N-ethyl adjacent to an activating group) is 1. The predicted octanol–water partition coefficient (Wildman–Crippen LogP) is 1.71. The molecule has 2 aliphatic rings. The van der Waals surface area contributed by atoms with Crippen LogP contribution in [0.15, 0.2) is 0 Å². The largest absolute Gasteiger partial charge is 0.344 e. The molecule has 4 nitrogen and oxygen atoms in total. The lowest BCUT2D eigenvalue weighted by Gasteiger charge is -2.36. The van der Waals surface area contributed by atoms with Crippen molar-refractivity contribution in [3.05, 3.63) is 0 Å². The number of nitrogens with one attached hydrogen (secondary N) is 1. The fourth-order valence-electron chi connectivity index (χ4n) is 3.57. The number of carbonyl (C=O) groups is 1. The summed E-state index contributed by atoms with van der Waals surface area (Å²) in [5, 5.41) is 3.42. The van der Waals surface area contributed by atoms with Gasteiger partial charge in [0.15, 0.2) is 0 Å². The van der Waals surface area contributed by atoms with Crippen molar-refractivity contribution in [2.45, 2.75) is 58.0 Å². The van der Waals surface area contributed by atoms with E-state index in [0.717, 1.165) is 39.0 Å². The van der Waals surface area contributed by atoms with Crippen LogP contribution in [0.5, 0.6) is 0 Å². The first-order valence-electron chi connectivity index (χ1n) is 8.35. The molecule has 0 aromatic carbocycles. The maximum Gasteiger partial charge on any atom is 0.239 e. The molecule has 0 radical (unpaired) electrons. The van der Waals surface area contributed by atoms with Crippen molar-refractivity contribution in [3.8, 4) is 0 Å². The molecule has 2 rings (SSSR count). The maximum absolute atomic E-state index is 12.7. The van der Waals surface area contributed by atoms with Crippen LogP contribution in [0.4, 0.5) is 0 Å². The Morgan fingerprint density at radius 3 is 2.70 bits per heavy atom. The van der Waals surface area contributed by atoms with Crippen molar-refractivity contribution >= 4 is 5.91 Å². The first kappa shape index (κ1) is 15.8. The molecule has 2 aliphatic heterocycles. The zero-order valence-corrected chi connectivity index (χ0v) is 13.4. The van der Waals surface area contributed by atoms with E-state index >= 15 is 0 Å². The Hall–Kier alpha value is -0.610. The van der Waals surface area contributed by atoms with Gasteiger partial charge in [0, 0.05) is 19.6 Å². The summed E-state index contributed by atoms with van der Waals surface area (Å²) in [7, 11) is 1.98. The molecule has 0 saturated carbocycles. The Kier molecular flexibility index (Phi) is 5.85. The fourth-order valence-corrected chi connectivity index (χ4v) is 3.57. The van der Waals surface area contributed by atoms with Gasteiger partial charge in [-0.25, -0.2) is 0 Å².